The predicted molar refractivity (Wildman–Crippen MR) is 74.8 cm³/mol. The molecule has 2 aromatic carbocycles. The summed E-state index contributed by atoms with van der Waals surface area (Å²) in [6.07, 6.45) is 0. The summed E-state index contributed by atoms with van der Waals surface area (Å²) in [6.45, 7) is 0. The molecule has 0 atom stereocenters. The fraction of sp³-hybridized carbons (Fsp3) is 0. The van der Waals surface area contributed by atoms with Crippen molar-refractivity contribution >= 4 is 20.2 Å². The van der Waals surface area contributed by atoms with Crippen LogP contribution in [0.3, 0.4) is 0 Å². The molecule has 0 aliphatic heterocycles. The summed E-state index contributed by atoms with van der Waals surface area (Å²) in [6, 6.07) is 5.48. The van der Waals surface area contributed by atoms with Gasteiger partial charge < -0.3 is 10.2 Å². The first-order valence-corrected chi connectivity index (χ1v) is 8.49. The zero-order chi connectivity index (χ0) is 16.7. The molecule has 4 N–H and O–H groups in total. The topological polar surface area (TPSA) is 149 Å². The first kappa shape index (κ1) is 16.2. The number of hydrogen-bond donors (Lipinski definition) is 4. The Labute approximate surface area is 125 Å². The van der Waals surface area contributed by atoms with E-state index < -0.39 is 41.5 Å². The summed E-state index contributed by atoms with van der Waals surface area (Å²) in [5.74, 6) is -0.926. The molecule has 0 aliphatic carbocycles. The fourth-order valence-electron chi connectivity index (χ4n) is 1.78. The van der Waals surface area contributed by atoms with Gasteiger partial charge in [0.05, 0.1) is 9.79 Å². The standard InChI is InChI=1S/C12H10O8S2/c13-11-3-1-7(21(15,16)17)5-9(11)10-6-8(22(18,19)20)2-4-12(10)14/h1-6,13-14H,(H,15,16,17)(H,18,19,20). The van der Waals surface area contributed by atoms with Gasteiger partial charge in [0.15, 0.2) is 0 Å². The Morgan fingerprint density at radius 3 is 1.23 bits per heavy atom. The van der Waals surface area contributed by atoms with Crippen LogP contribution in [0.15, 0.2) is 46.2 Å². The van der Waals surface area contributed by atoms with E-state index in [2.05, 4.69) is 0 Å². The van der Waals surface area contributed by atoms with E-state index in [4.69, 9.17) is 9.11 Å². The molecule has 0 amide bonds. The van der Waals surface area contributed by atoms with E-state index >= 15 is 0 Å². The molecule has 0 saturated heterocycles. The maximum Gasteiger partial charge on any atom is 0.294 e. The number of benzene rings is 2. The Morgan fingerprint density at radius 2 is 0.955 bits per heavy atom. The van der Waals surface area contributed by atoms with Gasteiger partial charge in [0, 0.05) is 11.1 Å². The van der Waals surface area contributed by atoms with Gasteiger partial charge in [-0.1, -0.05) is 0 Å². The minimum absolute atomic E-state index is 0.238. The molecule has 0 radical (unpaired) electrons. The lowest BCUT2D eigenvalue weighted by Gasteiger charge is -2.10. The third kappa shape index (κ3) is 3.20. The van der Waals surface area contributed by atoms with Gasteiger partial charge >= 0.3 is 0 Å². The Bertz CT molecular complexity index is 866. The molecule has 0 aliphatic rings. The minimum Gasteiger partial charge on any atom is -0.507 e. The van der Waals surface area contributed by atoms with Crippen LogP contribution in [0.1, 0.15) is 0 Å². The van der Waals surface area contributed by atoms with Crippen molar-refractivity contribution < 1.29 is 36.2 Å². The lowest BCUT2D eigenvalue weighted by atomic mass is 10.0. The van der Waals surface area contributed by atoms with E-state index in [0.29, 0.717) is 0 Å². The van der Waals surface area contributed by atoms with Crippen molar-refractivity contribution in [1.82, 2.24) is 0 Å². The zero-order valence-electron chi connectivity index (χ0n) is 10.7. The van der Waals surface area contributed by atoms with Crippen LogP contribution in [0.25, 0.3) is 11.1 Å². The molecule has 2 aromatic rings. The van der Waals surface area contributed by atoms with E-state index in [9.17, 15) is 27.0 Å². The smallest absolute Gasteiger partial charge is 0.294 e. The average Bonchev–Trinajstić information content (AvgIpc) is 2.37. The average molecular weight is 346 g/mol. The molecule has 2 rings (SSSR count). The Balaban J connectivity index is 2.76. The van der Waals surface area contributed by atoms with Crippen LogP contribution in [0, 0.1) is 0 Å². The summed E-state index contributed by atoms with van der Waals surface area (Å²) < 4.78 is 62.5. The SMILES string of the molecule is O=S(=O)(O)c1ccc(O)c(-c2cc(S(=O)(=O)O)ccc2O)c1. The van der Waals surface area contributed by atoms with Crippen molar-refractivity contribution in [2.75, 3.05) is 0 Å². The molecular weight excluding hydrogens is 336 g/mol. The number of aromatic hydroxyl groups is 2. The monoisotopic (exact) mass is 346 g/mol. The molecule has 0 fully saturated rings. The van der Waals surface area contributed by atoms with Crippen molar-refractivity contribution in [3.05, 3.63) is 36.4 Å². The lowest BCUT2D eigenvalue weighted by Crippen LogP contribution is -2.00. The van der Waals surface area contributed by atoms with Gasteiger partial charge in [-0.15, -0.1) is 0 Å². The second kappa shape index (κ2) is 5.25. The van der Waals surface area contributed by atoms with Crippen LogP contribution in [0.4, 0.5) is 0 Å². The summed E-state index contributed by atoms with van der Waals surface area (Å²) in [4.78, 5) is -1.12. The van der Waals surface area contributed by atoms with Gasteiger partial charge in [-0.2, -0.15) is 16.8 Å². The molecule has 0 spiro atoms. The van der Waals surface area contributed by atoms with Gasteiger partial charge in [0.25, 0.3) is 20.2 Å². The van der Waals surface area contributed by atoms with E-state index in [-0.39, 0.29) is 11.1 Å². The van der Waals surface area contributed by atoms with Gasteiger partial charge in [0.2, 0.25) is 0 Å². The highest BCUT2D eigenvalue weighted by Crippen LogP contribution is 2.37. The molecule has 0 aromatic heterocycles. The first-order valence-electron chi connectivity index (χ1n) is 5.61. The summed E-state index contributed by atoms with van der Waals surface area (Å²) in [5.41, 5.74) is -0.476. The molecule has 118 valence electrons. The van der Waals surface area contributed by atoms with Gasteiger partial charge in [-0.25, -0.2) is 0 Å². The largest absolute Gasteiger partial charge is 0.507 e. The van der Waals surface area contributed by atoms with Gasteiger partial charge in [-0.05, 0) is 36.4 Å². The number of phenols is 2. The van der Waals surface area contributed by atoms with Crippen molar-refractivity contribution in [1.29, 1.82) is 0 Å². The summed E-state index contributed by atoms with van der Waals surface area (Å²) >= 11 is 0. The van der Waals surface area contributed by atoms with E-state index in [0.717, 1.165) is 36.4 Å². The highest BCUT2D eigenvalue weighted by atomic mass is 32.2. The highest BCUT2D eigenvalue weighted by molar-refractivity contribution is 7.86. The molecule has 22 heavy (non-hydrogen) atoms. The maximum absolute atomic E-state index is 11.1. The maximum atomic E-state index is 11.1. The number of rotatable bonds is 3. The van der Waals surface area contributed by atoms with E-state index in [1.165, 1.54) is 0 Å². The molecule has 0 unspecified atom stereocenters. The molecule has 0 saturated carbocycles. The van der Waals surface area contributed by atoms with Crippen molar-refractivity contribution in [3.63, 3.8) is 0 Å². The van der Waals surface area contributed by atoms with Crippen LogP contribution < -0.4 is 0 Å². The van der Waals surface area contributed by atoms with E-state index in [1.807, 2.05) is 0 Å². The van der Waals surface area contributed by atoms with Crippen molar-refractivity contribution in [2.45, 2.75) is 9.79 Å². The normalized spacial score (nSPS) is 12.3. The third-order valence-electron chi connectivity index (χ3n) is 2.82. The van der Waals surface area contributed by atoms with Crippen molar-refractivity contribution in [2.24, 2.45) is 0 Å². The third-order valence-corrected chi connectivity index (χ3v) is 4.52. The Kier molecular flexibility index (Phi) is 3.87. The van der Waals surface area contributed by atoms with E-state index in [1.54, 1.807) is 0 Å². The lowest BCUT2D eigenvalue weighted by molar-refractivity contribution is 0.466. The van der Waals surface area contributed by atoms with Crippen LogP contribution in [0.5, 0.6) is 11.5 Å². The first-order chi connectivity index (χ1) is 10.00. The molecule has 0 bridgehead atoms. The van der Waals surface area contributed by atoms with Crippen LogP contribution in [0.2, 0.25) is 0 Å². The van der Waals surface area contributed by atoms with Crippen LogP contribution in [-0.2, 0) is 20.2 Å². The summed E-state index contributed by atoms with van der Waals surface area (Å²) in [5, 5.41) is 19.5. The van der Waals surface area contributed by atoms with Crippen molar-refractivity contribution in [3.8, 4) is 22.6 Å². The quantitative estimate of drug-likeness (QED) is 0.607. The Hall–Kier alpha value is -2.14. The summed E-state index contributed by atoms with van der Waals surface area (Å²) in [7, 11) is -9.12. The molecule has 0 heterocycles. The number of hydrogen-bond acceptors (Lipinski definition) is 6. The van der Waals surface area contributed by atoms with Crippen LogP contribution in [-0.4, -0.2) is 36.2 Å². The Morgan fingerprint density at radius 1 is 0.636 bits per heavy atom. The minimum atomic E-state index is -4.56. The fourth-order valence-corrected chi connectivity index (χ4v) is 2.80. The zero-order valence-corrected chi connectivity index (χ0v) is 12.3. The molecule has 8 nitrogen and oxygen atoms in total. The van der Waals surface area contributed by atoms with Gasteiger partial charge in [0.1, 0.15) is 11.5 Å². The second-order valence-electron chi connectivity index (χ2n) is 4.31. The number of phenolic OH excluding ortho intramolecular Hbond substituents is 2. The van der Waals surface area contributed by atoms with Gasteiger partial charge in [-0.3, -0.25) is 9.11 Å². The van der Waals surface area contributed by atoms with Crippen LogP contribution >= 0.6 is 0 Å². The predicted octanol–water partition coefficient (Wildman–Crippen LogP) is 1.26. The highest BCUT2D eigenvalue weighted by Gasteiger charge is 2.18. The molecule has 10 heteroatoms. The molecular formula is C12H10O8S2. The second-order valence-corrected chi connectivity index (χ2v) is 7.15.